The Kier molecular flexibility index (Phi) is 5.42. The number of rotatable bonds is 5. The van der Waals surface area contributed by atoms with Gasteiger partial charge in [0.15, 0.2) is 0 Å². The van der Waals surface area contributed by atoms with Crippen molar-refractivity contribution in [2.45, 2.75) is 31.8 Å². The number of nitrogens with zero attached hydrogens (tertiary/aromatic N) is 1. The normalized spacial score (nSPS) is 22.2. The Bertz CT molecular complexity index is 614. The molecule has 2 nitrogen and oxygen atoms in total. The minimum absolute atomic E-state index is 0.134. The molecule has 1 aliphatic rings. The van der Waals surface area contributed by atoms with Crippen LogP contribution < -0.4 is 5.32 Å². The summed E-state index contributed by atoms with van der Waals surface area (Å²) >= 11 is 0. The molecule has 3 rings (SSSR count). The molecule has 1 fully saturated rings. The highest BCUT2D eigenvalue weighted by molar-refractivity contribution is 5.22. The lowest BCUT2D eigenvalue weighted by Crippen LogP contribution is -2.48. The Morgan fingerprint density at radius 1 is 1.09 bits per heavy atom. The molecule has 0 aliphatic carbocycles. The van der Waals surface area contributed by atoms with Gasteiger partial charge < -0.3 is 10.2 Å². The third-order valence-corrected chi connectivity index (χ3v) is 4.73. The summed E-state index contributed by atoms with van der Waals surface area (Å²) in [7, 11) is 0. The van der Waals surface area contributed by atoms with Gasteiger partial charge in [0.2, 0.25) is 0 Å². The number of piperidine rings is 1. The summed E-state index contributed by atoms with van der Waals surface area (Å²) in [6, 6.07) is 18.0. The van der Waals surface area contributed by atoms with Gasteiger partial charge in [0.05, 0.1) is 0 Å². The largest absolute Gasteiger partial charge is 0.309 e. The minimum atomic E-state index is -0.134. The van der Waals surface area contributed by atoms with Gasteiger partial charge in [-0.1, -0.05) is 49.4 Å². The van der Waals surface area contributed by atoms with Crippen molar-refractivity contribution in [2.75, 3.05) is 19.6 Å². The van der Waals surface area contributed by atoms with Crippen molar-refractivity contribution in [3.63, 3.8) is 0 Å². The van der Waals surface area contributed by atoms with Crippen LogP contribution in [0, 0.1) is 5.82 Å². The highest BCUT2D eigenvalue weighted by Gasteiger charge is 2.27. The average molecular weight is 312 g/mol. The molecule has 1 saturated heterocycles. The SMILES string of the molecule is CCN1CC(NCc2ccccc2)CC(c2cccc(F)c2)C1. The molecule has 1 heterocycles. The van der Waals surface area contributed by atoms with Crippen LogP contribution in [0.3, 0.4) is 0 Å². The van der Waals surface area contributed by atoms with Gasteiger partial charge in [-0.15, -0.1) is 0 Å². The van der Waals surface area contributed by atoms with E-state index in [1.165, 1.54) is 11.6 Å². The number of likely N-dealkylation sites (tertiary alicyclic amines) is 1. The molecule has 122 valence electrons. The van der Waals surface area contributed by atoms with Crippen molar-refractivity contribution >= 4 is 0 Å². The highest BCUT2D eigenvalue weighted by Crippen LogP contribution is 2.27. The summed E-state index contributed by atoms with van der Waals surface area (Å²) in [5.74, 6) is 0.262. The molecular formula is C20H25FN2. The predicted octanol–water partition coefficient (Wildman–Crippen LogP) is 3.79. The molecule has 0 bridgehead atoms. The van der Waals surface area contributed by atoms with E-state index in [4.69, 9.17) is 0 Å². The van der Waals surface area contributed by atoms with Gasteiger partial charge in [0.1, 0.15) is 5.82 Å². The second-order valence-electron chi connectivity index (χ2n) is 6.40. The van der Waals surface area contributed by atoms with Crippen LogP contribution >= 0.6 is 0 Å². The lowest BCUT2D eigenvalue weighted by molar-refractivity contribution is 0.178. The number of hydrogen-bond donors (Lipinski definition) is 1. The van der Waals surface area contributed by atoms with Gasteiger partial charge in [-0.05, 0) is 42.1 Å². The smallest absolute Gasteiger partial charge is 0.123 e. The molecule has 0 spiro atoms. The fraction of sp³-hybridized carbons (Fsp3) is 0.400. The van der Waals surface area contributed by atoms with Crippen LogP contribution in [0.4, 0.5) is 4.39 Å². The van der Waals surface area contributed by atoms with Crippen molar-refractivity contribution < 1.29 is 4.39 Å². The zero-order valence-corrected chi connectivity index (χ0v) is 13.7. The Balaban J connectivity index is 1.66. The van der Waals surface area contributed by atoms with Crippen LogP contribution in [-0.2, 0) is 6.54 Å². The van der Waals surface area contributed by atoms with Gasteiger partial charge in [-0.25, -0.2) is 4.39 Å². The van der Waals surface area contributed by atoms with E-state index in [9.17, 15) is 4.39 Å². The number of hydrogen-bond acceptors (Lipinski definition) is 2. The first-order chi connectivity index (χ1) is 11.2. The predicted molar refractivity (Wildman–Crippen MR) is 92.9 cm³/mol. The van der Waals surface area contributed by atoms with E-state index in [0.717, 1.165) is 38.2 Å². The van der Waals surface area contributed by atoms with E-state index in [1.54, 1.807) is 6.07 Å². The maximum Gasteiger partial charge on any atom is 0.123 e. The molecule has 23 heavy (non-hydrogen) atoms. The van der Waals surface area contributed by atoms with E-state index >= 15 is 0 Å². The van der Waals surface area contributed by atoms with Crippen molar-refractivity contribution in [1.82, 2.24) is 10.2 Å². The second-order valence-corrected chi connectivity index (χ2v) is 6.40. The summed E-state index contributed by atoms with van der Waals surface area (Å²) in [5.41, 5.74) is 2.43. The average Bonchev–Trinajstić information content (AvgIpc) is 2.60. The van der Waals surface area contributed by atoms with Crippen LogP contribution in [-0.4, -0.2) is 30.6 Å². The van der Waals surface area contributed by atoms with Crippen LogP contribution in [0.15, 0.2) is 54.6 Å². The van der Waals surface area contributed by atoms with Crippen molar-refractivity contribution in [2.24, 2.45) is 0 Å². The molecule has 2 aromatic carbocycles. The van der Waals surface area contributed by atoms with Gasteiger partial charge >= 0.3 is 0 Å². The first-order valence-corrected chi connectivity index (χ1v) is 8.49. The number of likely N-dealkylation sites (N-methyl/N-ethyl adjacent to an activating group) is 1. The maximum absolute atomic E-state index is 13.5. The summed E-state index contributed by atoms with van der Waals surface area (Å²) in [4.78, 5) is 2.46. The molecule has 1 N–H and O–H groups in total. The van der Waals surface area contributed by atoms with Crippen molar-refractivity contribution in [3.05, 3.63) is 71.5 Å². The second kappa shape index (κ2) is 7.71. The maximum atomic E-state index is 13.5. The quantitative estimate of drug-likeness (QED) is 0.903. The molecule has 0 amide bonds. The fourth-order valence-electron chi connectivity index (χ4n) is 3.46. The first-order valence-electron chi connectivity index (χ1n) is 8.49. The molecule has 2 atom stereocenters. The Labute approximate surface area is 138 Å². The zero-order valence-electron chi connectivity index (χ0n) is 13.7. The van der Waals surface area contributed by atoms with Crippen LogP contribution in [0.2, 0.25) is 0 Å². The number of halogens is 1. The van der Waals surface area contributed by atoms with Crippen LogP contribution in [0.25, 0.3) is 0 Å². The third-order valence-electron chi connectivity index (χ3n) is 4.73. The molecule has 0 radical (unpaired) electrons. The monoisotopic (exact) mass is 312 g/mol. The van der Waals surface area contributed by atoms with Gasteiger partial charge in [0.25, 0.3) is 0 Å². The molecule has 2 aromatic rings. The van der Waals surface area contributed by atoms with E-state index < -0.39 is 0 Å². The van der Waals surface area contributed by atoms with Crippen molar-refractivity contribution in [1.29, 1.82) is 0 Å². The van der Waals surface area contributed by atoms with E-state index in [2.05, 4.69) is 47.5 Å². The summed E-state index contributed by atoms with van der Waals surface area (Å²) in [6.45, 7) is 6.20. The van der Waals surface area contributed by atoms with Gasteiger partial charge in [-0.2, -0.15) is 0 Å². The Hall–Kier alpha value is -1.71. The Morgan fingerprint density at radius 2 is 1.91 bits per heavy atom. The molecule has 0 aromatic heterocycles. The van der Waals surface area contributed by atoms with Gasteiger partial charge in [0, 0.05) is 25.7 Å². The minimum Gasteiger partial charge on any atom is -0.309 e. The fourth-order valence-corrected chi connectivity index (χ4v) is 3.46. The van der Waals surface area contributed by atoms with Crippen LogP contribution in [0.5, 0.6) is 0 Å². The standard InChI is InChI=1S/C20H25FN2/c1-2-23-14-18(17-9-6-10-19(21)11-17)12-20(15-23)22-13-16-7-4-3-5-8-16/h3-11,18,20,22H,2,12-15H2,1H3. The molecular weight excluding hydrogens is 287 g/mol. The zero-order chi connectivity index (χ0) is 16.1. The van der Waals surface area contributed by atoms with E-state index in [1.807, 2.05) is 12.1 Å². The first kappa shape index (κ1) is 16.2. The summed E-state index contributed by atoms with van der Waals surface area (Å²) < 4.78 is 13.5. The molecule has 1 aliphatic heterocycles. The van der Waals surface area contributed by atoms with Crippen LogP contribution in [0.1, 0.15) is 30.4 Å². The highest BCUT2D eigenvalue weighted by atomic mass is 19.1. The lowest BCUT2D eigenvalue weighted by Gasteiger charge is -2.38. The van der Waals surface area contributed by atoms with E-state index in [0.29, 0.717) is 12.0 Å². The summed E-state index contributed by atoms with van der Waals surface area (Å²) in [6.07, 6.45) is 1.06. The molecule has 0 saturated carbocycles. The Morgan fingerprint density at radius 3 is 2.65 bits per heavy atom. The topological polar surface area (TPSA) is 15.3 Å². The number of benzene rings is 2. The van der Waals surface area contributed by atoms with E-state index in [-0.39, 0.29) is 5.82 Å². The van der Waals surface area contributed by atoms with Crippen molar-refractivity contribution in [3.8, 4) is 0 Å². The number of nitrogens with one attached hydrogen (secondary N) is 1. The third kappa shape index (κ3) is 4.40. The molecule has 2 unspecified atom stereocenters. The summed E-state index contributed by atoms with van der Waals surface area (Å²) in [5, 5.41) is 3.68. The van der Waals surface area contributed by atoms with Gasteiger partial charge in [-0.3, -0.25) is 0 Å². The lowest BCUT2D eigenvalue weighted by atomic mass is 9.88. The molecule has 3 heteroatoms.